The fourth-order valence-electron chi connectivity index (χ4n) is 2.99. The smallest absolute Gasteiger partial charge is 0.275 e. The van der Waals surface area contributed by atoms with Crippen LogP contribution in [0.4, 0.5) is 5.69 Å². The number of fused-ring (bicyclic) bond motifs is 1. The minimum absolute atomic E-state index is 0.236. The SMILES string of the molecule is NC(=O)c1ccc(NC(=O)Cn2nc(-c3cccs3)c3ccccc3c2=O)cc1. The van der Waals surface area contributed by atoms with Gasteiger partial charge in [0.05, 0.1) is 10.3 Å². The number of rotatable bonds is 5. The van der Waals surface area contributed by atoms with E-state index in [0.717, 1.165) is 10.3 Å². The lowest BCUT2D eigenvalue weighted by atomic mass is 10.1. The van der Waals surface area contributed by atoms with Crippen LogP contribution in [0.5, 0.6) is 0 Å². The summed E-state index contributed by atoms with van der Waals surface area (Å²) >= 11 is 1.51. The van der Waals surface area contributed by atoms with Crippen LogP contribution < -0.4 is 16.6 Å². The van der Waals surface area contributed by atoms with Gasteiger partial charge in [0.1, 0.15) is 12.2 Å². The first kappa shape index (κ1) is 18.6. The van der Waals surface area contributed by atoms with E-state index in [1.807, 2.05) is 29.6 Å². The third-order valence-corrected chi connectivity index (χ3v) is 5.25. The summed E-state index contributed by atoms with van der Waals surface area (Å²) < 4.78 is 1.17. The van der Waals surface area contributed by atoms with Crippen LogP contribution >= 0.6 is 11.3 Å². The molecule has 3 N–H and O–H groups in total. The van der Waals surface area contributed by atoms with Crippen molar-refractivity contribution in [3.63, 3.8) is 0 Å². The van der Waals surface area contributed by atoms with E-state index < -0.39 is 11.8 Å². The standard InChI is InChI=1S/C21H16N4O3S/c22-20(27)13-7-9-14(10-8-13)23-18(26)12-25-21(28)16-5-2-1-4-15(16)19(24-25)17-6-3-11-29-17/h1-11H,12H2,(H2,22,27)(H,23,26). The fourth-order valence-corrected chi connectivity index (χ4v) is 3.72. The molecule has 2 heterocycles. The van der Waals surface area contributed by atoms with Crippen LogP contribution in [-0.2, 0) is 11.3 Å². The number of nitrogens with one attached hydrogen (secondary N) is 1. The zero-order valence-electron chi connectivity index (χ0n) is 15.2. The Bertz CT molecular complexity index is 1260. The Labute approximate surface area is 169 Å². The van der Waals surface area contributed by atoms with Gasteiger partial charge >= 0.3 is 0 Å². The Morgan fingerprint density at radius 2 is 1.72 bits per heavy atom. The van der Waals surface area contributed by atoms with E-state index in [1.165, 1.54) is 28.2 Å². The van der Waals surface area contributed by atoms with Gasteiger partial charge in [0.15, 0.2) is 0 Å². The molecule has 2 aromatic carbocycles. The average Bonchev–Trinajstić information content (AvgIpc) is 3.25. The largest absolute Gasteiger partial charge is 0.366 e. The van der Waals surface area contributed by atoms with Crippen molar-refractivity contribution in [2.45, 2.75) is 6.54 Å². The molecular weight excluding hydrogens is 388 g/mol. The Balaban J connectivity index is 1.65. The number of benzene rings is 2. The molecule has 0 atom stereocenters. The van der Waals surface area contributed by atoms with Crippen LogP contribution in [0.15, 0.2) is 70.8 Å². The number of thiophene rings is 1. The van der Waals surface area contributed by atoms with Gasteiger partial charge in [-0.05, 0) is 41.8 Å². The molecule has 0 saturated carbocycles. The maximum atomic E-state index is 12.8. The van der Waals surface area contributed by atoms with Crippen LogP contribution in [-0.4, -0.2) is 21.6 Å². The minimum atomic E-state index is -0.545. The molecule has 0 aliphatic carbocycles. The molecule has 2 amide bonds. The summed E-state index contributed by atoms with van der Waals surface area (Å²) in [6, 6.07) is 17.2. The molecule has 0 aliphatic heterocycles. The lowest BCUT2D eigenvalue weighted by Gasteiger charge is -2.11. The fraction of sp³-hybridized carbons (Fsp3) is 0.0476. The zero-order chi connectivity index (χ0) is 20.4. The van der Waals surface area contributed by atoms with Gasteiger partial charge in [-0.2, -0.15) is 5.10 Å². The zero-order valence-corrected chi connectivity index (χ0v) is 16.0. The number of carbonyl (C=O) groups is 2. The predicted molar refractivity (Wildman–Crippen MR) is 113 cm³/mol. The highest BCUT2D eigenvalue weighted by Crippen LogP contribution is 2.28. The quantitative estimate of drug-likeness (QED) is 0.533. The van der Waals surface area contributed by atoms with Crippen molar-refractivity contribution in [2.75, 3.05) is 5.32 Å². The van der Waals surface area contributed by atoms with Crippen molar-refractivity contribution < 1.29 is 9.59 Å². The van der Waals surface area contributed by atoms with Crippen LogP contribution in [0, 0.1) is 0 Å². The Morgan fingerprint density at radius 1 is 1.00 bits per heavy atom. The number of hydrogen-bond acceptors (Lipinski definition) is 5. The molecule has 0 fully saturated rings. The Kier molecular flexibility index (Phi) is 4.92. The van der Waals surface area contributed by atoms with E-state index in [0.29, 0.717) is 22.3 Å². The number of aromatic nitrogens is 2. The number of anilines is 1. The molecular formula is C21H16N4O3S. The van der Waals surface area contributed by atoms with Crippen molar-refractivity contribution >= 4 is 39.6 Å². The summed E-state index contributed by atoms with van der Waals surface area (Å²) in [6.07, 6.45) is 0. The molecule has 4 aromatic rings. The van der Waals surface area contributed by atoms with Gasteiger partial charge in [-0.15, -0.1) is 11.3 Å². The minimum Gasteiger partial charge on any atom is -0.366 e. The second kappa shape index (κ2) is 7.69. The molecule has 0 bridgehead atoms. The third kappa shape index (κ3) is 3.78. The first-order valence-corrected chi connectivity index (χ1v) is 9.64. The maximum Gasteiger partial charge on any atom is 0.275 e. The average molecular weight is 404 g/mol. The van der Waals surface area contributed by atoms with Crippen LogP contribution in [0.2, 0.25) is 0 Å². The van der Waals surface area contributed by atoms with Gasteiger partial charge < -0.3 is 11.1 Å². The van der Waals surface area contributed by atoms with E-state index in [1.54, 1.807) is 24.3 Å². The number of nitrogens with zero attached hydrogens (tertiary/aromatic N) is 2. The van der Waals surface area contributed by atoms with Crippen molar-refractivity contribution in [2.24, 2.45) is 5.73 Å². The molecule has 144 valence electrons. The second-order valence-corrected chi connectivity index (χ2v) is 7.27. The van der Waals surface area contributed by atoms with E-state index in [-0.39, 0.29) is 12.1 Å². The molecule has 2 aromatic heterocycles. The highest BCUT2D eigenvalue weighted by Gasteiger charge is 2.15. The van der Waals surface area contributed by atoms with Crippen LogP contribution in [0.25, 0.3) is 21.3 Å². The highest BCUT2D eigenvalue weighted by atomic mass is 32.1. The molecule has 0 aliphatic rings. The lowest BCUT2D eigenvalue weighted by Crippen LogP contribution is -2.30. The van der Waals surface area contributed by atoms with E-state index in [4.69, 9.17) is 5.73 Å². The molecule has 7 nitrogen and oxygen atoms in total. The summed E-state index contributed by atoms with van der Waals surface area (Å²) in [4.78, 5) is 37.4. The van der Waals surface area contributed by atoms with E-state index in [9.17, 15) is 14.4 Å². The number of primary amides is 1. The maximum absolute atomic E-state index is 12.8. The van der Waals surface area contributed by atoms with E-state index in [2.05, 4.69) is 10.4 Å². The summed E-state index contributed by atoms with van der Waals surface area (Å²) in [7, 11) is 0. The summed E-state index contributed by atoms with van der Waals surface area (Å²) in [6.45, 7) is -0.236. The van der Waals surface area contributed by atoms with Gasteiger partial charge in [0, 0.05) is 16.6 Å². The van der Waals surface area contributed by atoms with Gasteiger partial charge in [-0.3, -0.25) is 14.4 Å². The Morgan fingerprint density at radius 3 is 2.38 bits per heavy atom. The van der Waals surface area contributed by atoms with Crippen LogP contribution in [0.3, 0.4) is 0 Å². The van der Waals surface area contributed by atoms with Crippen molar-refractivity contribution in [1.82, 2.24) is 9.78 Å². The van der Waals surface area contributed by atoms with Gasteiger partial charge in [0.2, 0.25) is 11.8 Å². The topological polar surface area (TPSA) is 107 Å². The monoisotopic (exact) mass is 404 g/mol. The molecule has 0 spiro atoms. The molecule has 0 unspecified atom stereocenters. The van der Waals surface area contributed by atoms with Crippen molar-refractivity contribution in [3.8, 4) is 10.6 Å². The second-order valence-electron chi connectivity index (χ2n) is 6.32. The molecule has 29 heavy (non-hydrogen) atoms. The predicted octanol–water partition coefficient (Wildman–Crippen LogP) is 2.86. The molecule has 0 saturated heterocycles. The first-order chi connectivity index (χ1) is 14.0. The number of amides is 2. The van der Waals surface area contributed by atoms with E-state index >= 15 is 0 Å². The molecule has 4 rings (SSSR count). The van der Waals surface area contributed by atoms with Gasteiger partial charge in [0.25, 0.3) is 5.56 Å². The van der Waals surface area contributed by atoms with Gasteiger partial charge in [-0.25, -0.2) is 4.68 Å². The normalized spacial score (nSPS) is 10.8. The molecule has 8 heteroatoms. The van der Waals surface area contributed by atoms with Crippen molar-refractivity contribution in [1.29, 1.82) is 0 Å². The Hall–Kier alpha value is -3.78. The van der Waals surface area contributed by atoms with Crippen LogP contribution in [0.1, 0.15) is 10.4 Å². The highest BCUT2D eigenvalue weighted by molar-refractivity contribution is 7.13. The molecule has 0 radical (unpaired) electrons. The number of nitrogens with two attached hydrogens (primary N) is 1. The first-order valence-electron chi connectivity index (χ1n) is 8.76. The van der Waals surface area contributed by atoms with Gasteiger partial charge in [-0.1, -0.05) is 24.3 Å². The van der Waals surface area contributed by atoms with Crippen molar-refractivity contribution in [3.05, 3.63) is 82.0 Å². The number of carbonyl (C=O) groups excluding carboxylic acids is 2. The number of hydrogen-bond donors (Lipinski definition) is 2. The summed E-state index contributed by atoms with van der Waals surface area (Å²) in [5.41, 5.74) is 6.38. The third-order valence-electron chi connectivity index (χ3n) is 4.37. The summed E-state index contributed by atoms with van der Waals surface area (Å²) in [5, 5.41) is 10.3. The lowest BCUT2D eigenvalue weighted by molar-refractivity contribution is -0.117. The summed E-state index contributed by atoms with van der Waals surface area (Å²) in [5.74, 6) is -0.949.